The molecule has 6 nitrogen and oxygen atoms in total. The van der Waals surface area contributed by atoms with Crippen LogP contribution >= 0.6 is 0 Å². The third-order valence-corrected chi connectivity index (χ3v) is 3.82. The first-order chi connectivity index (χ1) is 12.9. The molecule has 0 amide bonds. The molecule has 0 unspecified atom stereocenters. The molecule has 2 atom stereocenters. The molecule has 0 spiro atoms. The predicted octanol–water partition coefficient (Wildman–Crippen LogP) is 2.21. The van der Waals surface area contributed by atoms with Gasteiger partial charge in [0.15, 0.2) is 0 Å². The number of carbonyl (C=O) groups is 2. The van der Waals surface area contributed by atoms with E-state index in [2.05, 4.69) is 0 Å². The highest BCUT2D eigenvalue weighted by atomic mass is 16.6. The summed E-state index contributed by atoms with van der Waals surface area (Å²) in [6.45, 7) is 0.412. The summed E-state index contributed by atoms with van der Waals surface area (Å²) in [5, 5.41) is 20.3. The molecule has 27 heavy (non-hydrogen) atoms. The van der Waals surface area contributed by atoms with E-state index in [1.54, 1.807) is 36.4 Å². The van der Waals surface area contributed by atoms with Gasteiger partial charge < -0.3 is 19.7 Å². The van der Waals surface area contributed by atoms with E-state index in [9.17, 15) is 19.8 Å². The van der Waals surface area contributed by atoms with Crippen LogP contribution in [0.5, 0.6) is 0 Å². The second-order valence-corrected chi connectivity index (χ2v) is 6.19. The summed E-state index contributed by atoms with van der Waals surface area (Å²) < 4.78 is 9.95. The Morgan fingerprint density at radius 1 is 1.04 bits per heavy atom. The molecule has 6 heteroatoms. The van der Waals surface area contributed by atoms with Crippen LogP contribution in [0.2, 0.25) is 0 Å². The van der Waals surface area contributed by atoms with Gasteiger partial charge in [-0.1, -0.05) is 48.5 Å². The van der Waals surface area contributed by atoms with Crippen molar-refractivity contribution in [2.24, 2.45) is 0 Å². The zero-order valence-electron chi connectivity index (χ0n) is 14.9. The second kappa shape index (κ2) is 9.66. The van der Waals surface area contributed by atoms with Crippen molar-refractivity contribution in [1.29, 1.82) is 0 Å². The van der Waals surface area contributed by atoms with Gasteiger partial charge in [0.1, 0.15) is 24.9 Å². The van der Waals surface area contributed by atoms with Crippen LogP contribution in [0.25, 0.3) is 6.08 Å². The van der Waals surface area contributed by atoms with E-state index < -0.39 is 36.9 Å². The zero-order chi connectivity index (χ0) is 19.7. The molecular formula is C21H22O6. The summed E-state index contributed by atoms with van der Waals surface area (Å²) in [5.41, 5.74) is -0.608. The van der Waals surface area contributed by atoms with Gasteiger partial charge in [0, 0.05) is 6.08 Å². The monoisotopic (exact) mass is 370 g/mol. The third kappa shape index (κ3) is 6.69. The van der Waals surface area contributed by atoms with E-state index in [4.69, 9.17) is 9.47 Å². The summed E-state index contributed by atoms with van der Waals surface area (Å²) >= 11 is 0. The minimum absolute atomic E-state index is 0.335. The van der Waals surface area contributed by atoms with Crippen molar-refractivity contribution in [2.45, 2.75) is 18.6 Å². The molecule has 2 N–H and O–H groups in total. The minimum atomic E-state index is -1.77. The highest BCUT2D eigenvalue weighted by molar-refractivity contribution is 5.89. The summed E-state index contributed by atoms with van der Waals surface area (Å²) in [4.78, 5) is 23.6. The van der Waals surface area contributed by atoms with Crippen molar-refractivity contribution in [3.8, 4) is 0 Å². The van der Waals surface area contributed by atoms with Gasteiger partial charge in [-0.2, -0.15) is 0 Å². The molecule has 2 rings (SSSR count). The van der Waals surface area contributed by atoms with E-state index in [0.29, 0.717) is 5.56 Å². The Kier molecular flexibility index (Phi) is 7.28. The van der Waals surface area contributed by atoms with Crippen molar-refractivity contribution in [3.63, 3.8) is 0 Å². The number of rotatable bonds is 8. The van der Waals surface area contributed by atoms with Gasteiger partial charge in [-0.25, -0.2) is 9.59 Å². The molecule has 0 saturated heterocycles. The quantitative estimate of drug-likeness (QED) is 0.547. The molecule has 0 saturated carbocycles. The normalized spacial score (nSPS) is 14.3. The maximum Gasteiger partial charge on any atom is 0.338 e. The lowest BCUT2D eigenvalue weighted by Crippen LogP contribution is -2.46. The van der Waals surface area contributed by atoms with Crippen LogP contribution < -0.4 is 0 Å². The number of esters is 2. The van der Waals surface area contributed by atoms with Crippen molar-refractivity contribution >= 4 is 18.0 Å². The van der Waals surface area contributed by atoms with Crippen LogP contribution in [0.15, 0.2) is 66.7 Å². The Labute approximate surface area is 157 Å². The maximum atomic E-state index is 11.9. The molecule has 0 aromatic heterocycles. The first-order valence-electron chi connectivity index (χ1n) is 8.41. The van der Waals surface area contributed by atoms with E-state index in [0.717, 1.165) is 5.56 Å². The van der Waals surface area contributed by atoms with Crippen molar-refractivity contribution in [2.75, 3.05) is 13.2 Å². The van der Waals surface area contributed by atoms with Crippen LogP contribution in [-0.2, 0) is 14.3 Å². The van der Waals surface area contributed by atoms with Gasteiger partial charge in [0.25, 0.3) is 0 Å². The van der Waals surface area contributed by atoms with Crippen molar-refractivity contribution in [1.82, 2.24) is 0 Å². The fourth-order valence-electron chi connectivity index (χ4n) is 2.08. The van der Waals surface area contributed by atoms with E-state index in [1.165, 1.54) is 13.0 Å². The number of hydrogen-bond acceptors (Lipinski definition) is 6. The highest BCUT2D eigenvalue weighted by Gasteiger charge is 2.33. The Hall–Kier alpha value is -2.96. The van der Waals surface area contributed by atoms with Crippen LogP contribution in [0.1, 0.15) is 22.8 Å². The molecule has 0 fully saturated rings. The average Bonchev–Trinajstić information content (AvgIpc) is 2.70. The van der Waals surface area contributed by atoms with Crippen molar-refractivity contribution < 1.29 is 29.3 Å². The number of carbonyl (C=O) groups excluding carboxylic acids is 2. The van der Waals surface area contributed by atoms with E-state index in [1.807, 2.05) is 30.3 Å². The van der Waals surface area contributed by atoms with Gasteiger partial charge in [-0.15, -0.1) is 0 Å². The summed E-state index contributed by atoms with van der Waals surface area (Å²) in [7, 11) is 0. The van der Waals surface area contributed by atoms with E-state index in [-0.39, 0.29) is 0 Å². The van der Waals surface area contributed by atoms with Gasteiger partial charge in [-0.05, 0) is 30.7 Å². The van der Waals surface area contributed by atoms with Crippen molar-refractivity contribution in [3.05, 3.63) is 77.9 Å². The fourth-order valence-corrected chi connectivity index (χ4v) is 2.08. The fraction of sp³-hybridized carbons (Fsp3) is 0.238. The van der Waals surface area contributed by atoms with Crippen LogP contribution in [-0.4, -0.2) is 47.1 Å². The number of aliphatic hydroxyl groups excluding tert-OH is 1. The molecule has 0 heterocycles. The molecule has 0 radical (unpaired) electrons. The SMILES string of the molecule is C[C@@](O)(COC(=O)/C=C/c1ccccc1)[C@H](O)COC(=O)c1ccccc1. The summed E-state index contributed by atoms with van der Waals surface area (Å²) in [6.07, 6.45) is 1.39. The summed E-state index contributed by atoms with van der Waals surface area (Å²) in [5.74, 6) is -1.28. The predicted molar refractivity (Wildman–Crippen MR) is 99.8 cm³/mol. The van der Waals surface area contributed by atoms with Crippen LogP contribution in [0, 0.1) is 0 Å². The lowest BCUT2D eigenvalue weighted by atomic mass is 10.0. The second-order valence-electron chi connectivity index (χ2n) is 6.19. The van der Waals surface area contributed by atoms with Crippen LogP contribution in [0.3, 0.4) is 0 Å². The first kappa shape index (κ1) is 20.4. The molecule has 2 aromatic carbocycles. The van der Waals surface area contributed by atoms with Crippen LogP contribution in [0.4, 0.5) is 0 Å². The molecule has 142 valence electrons. The Bertz CT molecular complexity index is 768. The van der Waals surface area contributed by atoms with E-state index >= 15 is 0 Å². The van der Waals surface area contributed by atoms with Gasteiger partial charge in [0.05, 0.1) is 5.56 Å². The van der Waals surface area contributed by atoms with Gasteiger partial charge in [0.2, 0.25) is 0 Å². The Balaban J connectivity index is 1.79. The number of hydrogen-bond donors (Lipinski definition) is 2. The Morgan fingerprint density at radius 3 is 2.26 bits per heavy atom. The topological polar surface area (TPSA) is 93.1 Å². The molecule has 0 aliphatic heterocycles. The molecular weight excluding hydrogens is 348 g/mol. The molecule has 0 bridgehead atoms. The maximum absolute atomic E-state index is 11.9. The largest absolute Gasteiger partial charge is 0.459 e. The lowest BCUT2D eigenvalue weighted by molar-refractivity contribution is -0.156. The van der Waals surface area contributed by atoms with Gasteiger partial charge in [-0.3, -0.25) is 0 Å². The molecule has 0 aliphatic carbocycles. The minimum Gasteiger partial charge on any atom is -0.459 e. The lowest BCUT2D eigenvalue weighted by Gasteiger charge is -2.27. The van der Waals surface area contributed by atoms with Gasteiger partial charge >= 0.3 is 11.9 Å². The smallest absolute Gasteiger partial charge is 0.338 e. The zero-order valence-corrected chi connectivity index (χ0v) is 14.9. The molecule has 2 aromatic rings. The number of aliphatic hydroxyl groups is 2. The average molecular weight is 370 g/mol. The standard InChI is InChI=1S/C21H22O6/c1-21(25,15-27-19(23)13-12-16-8-4-2-5-9-16)18(22)14-26-20(24)17-10-6-3-7-11-17/h2-13,18,22,25H,14-15H2,1H3/b13-12+/t18-,21-/m1/s1. The third-order valence-electron chi connectivity index (χ3n) is 3.82. The highest BCUT2D eigenvalue weighted by Crippen LogP contribution is 2.13. The first-order valence-corrected chi connectivity index (χ1v) is 8.41. The number of ether oxygens (including phenoxy) is 2. The molecule has 0 aliphatic rings. The number of benzene rings is 2. The summed E-state index contributed by atoms with van der Waals surface area (Å²) in [6, 6.07) is 17.5. The Morgan fingerprint density at radius 2 is 1.63 bits per heavy atom.